The Labute approximate surface area is 144 Å². The van der Waals surface area contributed by atoms with Crippen molar-refractivity contribution in [1.29, 1.82) is 0 Å². The molecule has 1 aliphatic rings. The van der Waals surface area contributed by atoms with E-state index in [2.05, 4.69) is 15.9 Å². The lowest BCUT2D eigenvalue weighted by Gasteiger charge is -2.19. The highest BCUT2D eigenvalue weighted by Gasteiger charge is 2.36. The molecule has 23 heavy (non-hydrogen) atoms. The van der Waals surface area contributed by atoms with Crippen molar-refractivity contribution in [2.24, 2.45) is 0 Å². The van der Waals surface area contributed by atoms with Crippen LogP contribution in [0.2, 0.25) is 0 Å². The molecule has 0 fully saturated rings. The van der Waals surface area contributed by atoms with Gasteiger partial charge in [-0.2, -0.15) is 0 Å². The Hall–Kier alpha value is -1.40. The van der Waals surface area contributed by atoms with Gasteiger partial charge in [0.05, 0.1) is 9.72 Å². The van der Waals surface area contributed by atoms with Gasteiger partial charge in [-0.05, 0) is 43.9 Å². The molecule has 1 unspecified atom stereocenters. The average Bonchev–Trinajstić information content (AvgIpc) is 2.84. The normalized spacial score (nSPS) is 18.0. The molecule has 2 aromatic rings. The van der Waals surface area contributed by atoms with Crippen LogP contribution in [-0.4, -0.2) is 23.0 Å². The first-order valence-electron chi connectivity index (χ1n) is 7.61. The van der Waals surface area contributed by atoms with Crippen molar-refractivity contribution in [3.63, 3.8) is 0 Å². The monoisotopic (exact) mass is 395 g/mol. The van der Waals surface area contributed by atoms with Crippen LogP contribution in [0.4, 0.5) is 0 Å². The van der Waals surface area contributed by atoms with E-state index < -0.39 is 10.0 Å². The number of alkyl halides is 1. The van der Waals surface area contributed by atoms with E-state index in [0.29, 0.717) is 36.2 Å². The molecule has 1 atom stereocenters. The van der Waals surface area contributed by atoms with Crippen molar-refractivity contribution >= 4 is 31.7 Å². The third kappa shape index (κ3) is 2.48. The summed E-state index contributed by atoms with van der Waals surface area (Å²) in [6.07, 6.45) is 1.82. The number of halogens is 1. The lowest BCUT2D eigenvalue weighted by atomic mass is 9.92. The summed E-state index contributed by atoms with van der Waals surface area (Å²) in [5.74, 6) is -0.00629. The molecule has 4 nitrogen and oxygen atoms in total. The molecule has 6 heteroatoms. The molecule has 1 aromatic heterocycles. The first-order valence-corrected chi connectivity index (χ1v) is 9.97. The van der Waals surface area contributed by atoms with Gasteiger partial charge in [-0.3, -0.25) is 4.79 Å². The predicted molar refractivity (Wildman–Crippen MR) is 92.9 cm³/mol. The third-order valence-corrected chi connectivity index (χ3v) is 7.09. The maximum atomic E-state index is 13.1. The Kier molecular flexibility index (Phi) is 4.23. The Bertz CT molecular complexity index is 869. The summed E-state index contributed by atoms with van der Waals surface area (Å²) < 4.78 is 27.6. The number of nitrogens with zero attached hydrogens (tertiary/aromatic N) is 1. The Balaban J connectivity index is 2.30. The van der Waals surface area contributed by atoms with Crippen LogP contribution in [0.3, 0.4) is 0 Å². The Morgan fingerprint density at radius 1 is 1.26 bits per heavy atom. The predicted octanol–water partition coefficient (Wildman–Crippen LogP) is 3.49. The molecule has 0 saturated carbocycles. The summed E-state index contributed by atoms with van der Waals surface area (Å²) in [6.45, 7) is 3.74. The fraction of sp³-hybridized carbons (Fsp3) is 0.353. The van der Waals surface area contributed by atoms with Crippen molar-refractivity contribution in [3.8, 4) is 0 Å². The summed E-state index contributed by atoms with van der Waals surface area (Å²) in [5, 5.41) is 0. The van der Waals surface area contributed by atoms with Gasteiger partial charge in [0.1, 0.15) is 0 Å². The summed E-state index contributed by atoms with van der Waals surface area (Å²) >= 11 is 3.41. The Morgan fingerprint density at radius 3 is 2.52 bits per heavy atom. The fourth-order valence-electron chi connectivity index (χ4n) is 3.31. The SMILES string of the molecule is CCc1c2c(n(S(=O)(=O)c3ccccc3)c1C)CCC(Br)C2=O. The van der Waals surface area contributed by atoms with Crippen molar-refractivity contribution < 1.29 is 13.2 Å². The number of hydrogen-bond acceptors (Lipinski definition) is 3. The lowest BCUT2D eigenvalue weighted by Crippen LogP contribution is -2.26. The maximum Gasteiger partial charge on any atom is 0.268 e. The van der Waals surface area contributed by atoms with Crippen molar-refractivity contribution in [2.75, 3.05) is 0 Å². The minimum atomic E-state index is -3.69. The zero-order valence-electron chi connectivity index (χ0n) is 13.0. The van der Waals surface area contributed by atoms with Crippen LogP contribution in [0.5, 0.6) is 0 Å². The van der Waals surface area contributed by atoms with E-state index in [1.54, 1.807) is 37.3 Å². The second-order valence-corrected chi connectivity index (χ2v) is 8.58. The third-order valence-electron chi connectivity index (χ3n) is 4.38. The zero-order valence-corrected chi connectivity index (χ0v) is 15.4. The first kappa shape index (κ1) is 16.5. The minimum absolute atomic E-state index is 0.00629. The number of benzene rings is 1. The minimum Gasteiger partial charge on any atom is -0.293 e. The zero-order chi connectivity index (χ0) is 16.8. The Morgan fingerprint density at radius 2 is 1.91 bits per heavy atom. The van der Waals surface area contributed by atoms with Gasteiger partial charge in [0.25, 0.3) is 10.0 Å². The van der Waals surface area contributed by atoms with Gasteiger partial charge in [-0.25, -0.2) is 12.4 Å². The molecule has 3 rings (SSSR count). The van der Waals surface area contributed by atoms with Crippen LogP contribution in [0.1, 0.15) is 40.7 Å². The number of fused-ring (bicyclic) bond motifs is 1. The van der Waals surface area contributed by atoms with Crippen molar-refractivity contribution in [2.45, 2.75) is 42.8 Å². The molecular formula is C17H18BrNO3S. The second kappa shape index (κ2) is 5.91. The molecule has 1 aliphatic carbocycles. The molecule has 1 aromatic carbocycles. The smallest absolute Gasteiger partial charge is 0.268 e. The quantitative estimate of drug-likeness (QED) is 0.747. The molecule has 0 amide bonds. The number of carbonyl (C=O) groups excluding carboxylic acids is 1. The van der Waals surface area contributed by atoms with Crippen LogP contribution in [-0.2, 0) is 22.9 Å². The van der Waals surface area contributed by atoms with Gasteiger partial charge < -0.3 is 0 Å². The van der Waals surface area contributed by atoms with E-state index in [9.17, 15) is 13.2 Å². The largest absolute Gasteiger partial charge is 0.293 e. The van der Waals surface area contributed by atoms with Crippen LogP contribution in [0, 0.1) is 6.92 Å². The van der Waals surface area contributed by atoms with Crippen molar-refractivity contribution in [1.82, 2.24) is 3.97 Å². The summed E-state index contributed by atoms with van der Waals surface area (Å²) in [7, 11) is -3.69. The summed E-state index contributed by atoms with van der Waals surface area (Å²) in [4.78, 5) is 12.6. The highest BCUT2D eigenvalue weighted by molar-refractivity contribution is 9.10. The van der Waals surface area contributed by atoms with Crippen LogP contribution in [0.25, 0.3) is 0 Å². The topological polar surface area (TPSA) is 56.1 Å². The van der Waals surface area contributed by atoms with Crippen LogP contribution >= 0.6 is 15.9 Å². The molecule has 1 heterocycles. The number of carbonyl (C=O) groups is 1. The number of aromatic nitrogens is 1. The van der Waals surface area contributed by atoms with E-state index in [4.69, 9.17) is 0 Å². The summed E-state index contributed by atoms with van der Waals surface area (Å²) in [6, 6.07) is 8.38. The number of hydrogen-bond donors (Lipinski definition) is 0. The number of rotatable bonds is 3. The molecule has 0 bridgehead atoms. The van der Waals surface area contributed by atoms with E-state index in [1.165, 1.54) is 3.97 Å². The van der Waals surface area contributed by atoms with E-state index >= 15 is 0 Å². The molecule has 122 valence electrons. The van der Waals surface area contributed by atoms with Gasteiger partial charge in [0.15, 0.2) is 5.78 Å². The molecule has 0 N–H and O–H groups in total. The van der Waals surface area contributed by atoms with Gasteiger partial charge >= 0.3 is 0 Å². The standard InChI is InChI=1S/C17H18BrNO3S/c1-3-13-11(2)19(15-10-9-14(18)17(20)16(13)15)23(21,22)12-7-5-4-6-8-12/h4-8,14H,3,9-10H2,1-2H3. The maximum absolute atomic E-state index is 13.1. The van der Waals surface area contributed by atoms with Crippen molar-refractivity contribution in [3.05, 3.63) is 52.8 Å². The van der Waals surface area contributed by atoms with E-state index in [1.807, 2.05) is 6.92 Å². The van der Waals surface area contributed by atoms with Gasteiger partial charge in [-0.1, -0.05) is 41.1 Å². The fourth-order valence-corrected chi connectivity index (χ4v) is 5.42. The lowest BCUT2D eigenvalue weighted by molar-refractivity contribution is 0.0980. The van der Waals surface area contributed by atoms with Gasteiger partial charge in [0.2, 0.25) is 0 Å². The van der Waals surface area contributed by atoms with Gasteiger partial charge in [0, 0.05) is 17.0 Å². The second-order valence-electron chi connectivity index (χ2n) is 5.69. The number of Topliss-reactive ketones (excluding diaryl/α,β-unsaturated/α-hetero) is 1. The van der Waals surface area contributed by atoms with Gasteiger partial charge in [-0.15, -0.1) is 0 Å². The number of ketones is 1. The molecule has 0 spiro atoms. The van der Waals surface area contributed by atoms with Crippen LogP contribution < -0.4 is 0 Å². The molecule has 0 saturated heterocycles. The molecule has 0 aliphatic heterocycles. The summed E-state index contributed by atoms with van der Waals surface area (Å²) in [5.41, 5.74) is 2.71. The van der Waals surface area contributed by atoms with E-state index in [-0.39, 0.29) is 15.5 Å². The average molecular weight is 396 g/mol. The van der Waals surface area contributed by atoms with Crippen LogP contribution in [0.15, 0.2) is 35.2 Å². The molecule has 0 radical (unpaired) electrons. The first-order chi connectivity index (χ1) is 10.9. The highest BCUT2D eigenvalue weighted by Crippen LogP contribution is 2.35. The molecular weight excluding hydrogens is 378 g/mol. The van der Waals surface area contributed by atoms with E-state index in [0.717, 1.165) is 5.56 Å². The highest BCUT2D eigenvalue weighted by atomic mass is 79.9.